The van der Waals surface area contributed by atoms with E-state index in [1.165, 1.54) is 16.9 Å². The molecule has 1 aromatic carbocycles. The second kappa shape index (κ2) is 6.47. The van der Waals surface area contributed by atoms with E-state index in [0.29, 0.717) is 30.0 Å². The Labute approximate surface area is 133 Å². The van der Waals surface area contributed by atoms with Gasteiger partial charge in [0.15, 0.2) is 0 Å². The third-order valence-electron chi connectivity index (χ3n) is 4.11. The van der Waals surface area contributed by atoms with Crippen molar-refractivity contribution in [1.29, 1.82) is 0 Å². The molecule has 0 bridgehead atoms. The highest BCUT2D eigenvalue weighted by atomic mass is 19.1. The van der Waals surface area contributed by atoms with E-state index in [-0.39, 0.29) is 23.9 Å². The molecule has 0 radical (unpaired) electrons. The molecule has 1 aliphatic rings. The Morgan fingerprint density at radius 1 is 1.43 bits per heavy atom. The molecule has 0 saturated carbocycles. The van der Waals surface area contributed by atoms with Crippen molar-refractivity contribution in [3.8, 4) is 5.69 Å². The van der Waals surface area contributed by atoms with Crippen molar-refractivity contribution in [2.24, 2.45) is 0 Å². The zero-order valence-corrected chi connectivity index (χ0v) is 13.0. The summed E-state index contributed by atoms with van der Waals surface area (Å²) in [5, 5.41) is 10.3. The molecule has 0 spiro atoms. The molecule has 1 saturated heterocycles. The number of carbonyl (C=O) groups is 1. The third-order valence-corrected chi connectivity index (χ3v) is 4.11. The van der Waals surface area contributed by atoms with Gasteiger partial charge in [-0.3, -0.25) is 4.79 Å². The molecule has 2 heterocycles. The van der Waals surface area contributed by atoms with Crippen LogP contribution in [0, 0.1) is 12.7 Å². The second-order valence-electron chi connectivity index (χ2n) is 5.52. The first-order valence-corrected chi connectivity index (χ1v) is 7.45. The lowest BCUT2D eigenvalue weighted by Gasteiger charge is -2.18. The van der Waals surface area contributed by atoms with Crippen molar-refractivity contribution >= 4 is 5.91 Å². The van der Waals surface area contributed by atoms with Gasteiger partial charge >= 0.3 is 0 Å². The van der Waals surface area contributed by atoms with Crippen LogP contribution in [0.25, 0.3) is 5.69 Å². The van der Waals surface area contributed by atoms with Crippen molar-refractivity contribution in [3.63, 3.8) is 0 Å². The highest BCUT2D eigenvalue weighted by Crippen LogP contribution is 2.17. The average molecular weight is 318 g/mol. The van der Waals surface area contributed by atoms with Crippen molar-refractivity contribution in [1.82, 2.24) is 20.4 Å². The monoisotopic (exact) mass is 318 g/mol. The minimum atomic E-state index is -0.384. The SMILES string of the molecule is CO[C@H]1CNC[C@@H]1NC(=O)c1cnn(-c2ccccc2F)c1C. The summed E-state index contributed by atoms with van der Waals surface area (Å²) in [4.78, 5) is 12.5. The van der Waals surface area contributed by atoms with Crippen LogP contribution in [0.15, 0.2) is 30.5 Å². The van der Waals surface area contributed by atoms with Crippen molar-refractivity contribution in [3.05, 3.63) is 47.5 Å². The molecule has 6 nitrogen and oxygen atoms in total. The van der Waals surface area contributed by atoms with Crippen molar-refractivity contribution < 1.29 is 13.9 Å². The molecule has 7 heteroatoms. The summed E-state index contributed by atoms with van der Waals surface area (Å²) in [6, 6.07) is 6.24. The van der Waals surface area contributed by atoms with Gasteiger partial charge in [0.1, 0.15) is 11.5 Å². The number of para-hydroxylation sites is 1. The Morgan fingerprint density at radius 3 is 2.96 bits per heavy atom. The minimum absolute atomic E-state index is 0.0548. The van der Waals surface area contributed by atoms with Crippen LogP contribution >= 0.6 is 0 Å². The fraction of sp³-hybridized carbons (Fsp3) is 0.375. The fourth-order valence-corrected chi connectivity index (χ4v) is 2.79. The number of ether oxygens (including phenoxy) is 1. The average Bonchev–Trinajstić information content (AvgIpc) is 3.14. The van der Waals surface area contributed by atoms with Crippen LogP contribution in [-0.2, 0) is 4.74 Å². The molecule has 23 heavy (non-hydrogen) atoms. The van der Waals surface area contributed by atoms with Gasteiger partial charge in [0.05, 0.1) is 29.6 Å². The number of aromatic nitrogens is 2. The van der Waals surface area contributed by atoms with Gasteiger partial charge in [0.25, 0.3) is 5.91 Å². The van der Waals surface area contributed by atoms with Crippen LogP contribution in [0.1, 0.15) is 16.1 Å². The zero-order chi connectivity index (χ0) is 16.4. The Morgan fingerprint density at radius 2 is 2.22 bits per heavy atom. The van der Waals surface area contributed by atoms with Gasteiger partial charge < -0.3 is 15.4 Å². The number of benzene rings is 1. The fourth-order valence-electron chi connectivity index (χ4n) is 2.79. The number of methoxy groups -OCH3 is 1. The largest absolute Gasteiger partial charge is 0.378 e. The molecule has 2 N–H and O–H groups in total. The molecule has 2 aromatic rings. The number of hydrogen-bond acceptors (Lipinski definition) is 4. The summed E-state index contributed by atoms with van der Waals surface area (Å²) in [6.07, 6.45) is 1.40. The summed E-state index contributed by atoms with van der Waals surface area (Å²) >= 11 is 0. The zero-order valence-electron chi connectivity index (χ0n) is 13.0. The minimum Gasteiger partial charge on any atom is -0.378 e. The van der Waals surface area contributed by atoms with Crippen LogP contribution in [0.4, 0.5) is 4.39 Å². The summed E-state index contributed by atoms with van der Waals surface area (Å²) in [7, 11) is 1.62. The number of hydrogen-bond donors (Lipinski definition) is 2. The van der Waals surface area contributed by atoms with E-state index >= 15 is 0 Å². The molecule has 1 aliphatic heterocycles. The Balaban J connectivity index is 1.82. The van der Waals surface area contributed by atoms with Crippen LogP contribution in [0.3, 0.4) is 0 Å². The van der Waals surface area contributed by atoms with E-state index < -0.39 is 0 Å². The molecule has 1 amide bonds. The maximum absolute atomic E-state index is 13.9. The predicted molar refractivity (Wildman–Crippen MR) is 83.2 cm³/mol. The molecule has 2 atom stereocenters. The molecule has 1 fully saturated rings. The van der Waals surface area contributed by atoms with Gasteiger partial charge in [-0.05, 0) is 19.1 Å². The number of amides is 1. The lowest BCUT2D eigenvalue weighted by atomic mass is 10.2. The van der Waals surface area contributed by atoms with Crippen LogP contribution in [-0.4, -0.2) is 48.0 Å². The highest BCUT2D eigenvalue weighted by Gasteiger charge is 2.29. The van der Waals surface area contributed by atoms with Gasteiger partial charge in [0, 0.05) is 20.2 Å². The lowest BCUT2D eigenvalue weighted by Crippen LogP contribution is -2.43. The molecular formula is C16H19FN4O2. The van der Waals surface area contributed by atoms with E-state index in [9.17, 15) is 9.18 Å². The van der Waals surface area contributed by atoms with Gasteiger partial charge in [-0.2, -0.15) is 5.10 Å². The Kier molecular flexibility index (Phi) is 4.40. The molecule has 122 valence electrons. The predicted octanol–water partition coefficient (Wildman–Crippen LogP) is 1.04. The molecule has 0 unspecified atom stereocenters. The van der Waals surface area contributed by atoms with Crippen molar-refractivity contribution in [2.45, 2.75) is 19.1 Å². The first-order chi connectivity index (χ1) is 11.1. The Hall–Kier alpha value is -2.25. The summed E-state index contributed by atoms with van der Waals surface area (Å²) in [6.45, 7) is 3.11. The summed E-state index contributed by atoms with van der Waals surface area (Å²) < 4.78 is 20.7. The third kappa shape index (κ3) is 2.97. The molecule has 0 aliphatic carbocycles. The van der Waals surface area contributed by atoms with Gasteiger partial charge in [-0.15, -0.1) is 0 Å². The number of rotatable bonds is 4. The number of nitrogens with zero attached hydrogens (tertiary/aromatic N) is 2. The summed E-state index contributed by atoms with van der Waals surface area (Å²) in [5.41, 5.74) is 1.34. The van der Waals surface area contributed by atoms with Gasteiger partial charge in [-0.25, -0.2) is 9.07 Å². The van der Waals surface area contributed by atoms with Gasteiger partial charge in [-0.1, -0.05) is 12.1 Å². The van der Waals surface area contributed by atoms with Crippen molar-refractivity contribution in [2.75, 3.05) is 20.2 Å². The highest BCUT2D eigenvalue weighted by molar-refractivity contribution is 5.95. The van der Waals surface area contributed by atoms with E-state index in [2.05, 4.69) is 15.7 Å². The molecule has 3 rings (SSSR count). The van der Waals surface area contributed by atoms with E-state index in [1.807, 2.05) is 0 Å². The van der Waals surface area contributed by atoms with E-state index in [1.54, 1.807) is 32.2 Å². The van der Waals surface area contributed by atoms with E-state index in [4.69, 9.17) is 4.74 Å². The van der Waals surface area contributed by atoms with Gasteiger partial charge in [0.2, 0.25) is 0 Å². The van der Waals surface area contributed by atoms with Crippen LogP contribution in [0.2, 0.25) is 0 Å². The Bertz CT molecular complexity index is 716. The summed E-state index contributed by atoms with van der Waals surface area (Å²) in [5.74, 6) is -0.620. The maximum Gasteiger partial charge on any atom is 0.255 e. The second-order valence-corrected chi connectivity index (χ2v) is 5.52. The number of carbonyl (C=O) groups excluding carboxylic acids is 1. The maximum atomic E-state index is 13.9. The normalized spacial score (nSPS) is 20.7. The standard InChI is InChI=1S/C16H19FN4O2/c1-10-11(16(22)20-13-8-18-9-15(13)23-2)7-19-21(10)14-6-4-3-5-12(14)17/h3-7,13,15,18H,8-9H2,1-2H3,(H,20,22)/t13-,15-/m0/s1. The van der Waals surface area contributed by atoms with Crippen LogP contribution < -0.4 is 10.6 Å². The lowest BCUT2D eigenvalue weighted by molar-refractivity contribution is 0.0779. The quantitative estimate of drug-likeness (QED) is 0.884. The molecular weight excluding hydrogens is 299 g/mol. The van der Waals surface area contributed by atoms with Crippen LogP contribution in [0.5, 0.6) is 0 Å². The first kappa shape index (κ1) is 15.6. The number of halogens is 1. The first-order valence-electron chi connectivity index (χ1n) is 7.45. The van der Waals surface area contributed by atoms with E-state index in [0.717, 1.165) is 0 Å². The smallest absolute Gasteiger partial charge is 0.255 e. The number of nitrogens with one attached hydrogen (secondary N) is 2. The molecule has 1 aromatic heterocycles. The topological polar surface area (TPSA) is 68.2 Å².